The van der Waals surface area contributed by atoms with Crippen molar-refractivity contribution in [3.8, 4) is 0 Å². The van der Waals surface area contributed by atoms with Crippen LogP contribution < -0.4 is 5.73 Å². The van der Waals surface area contributed by atoms with E-state index in [1.807, 2.05) is 5.10 Å². The molecule has 0 aromatic carbocycles. The van der Waals surface area contributed by atoms with Gasteiger partial charge < -0.3 is 5.73 Å². The summed E-state index contributed by atoms with van der Waals surface area (Å²) in [7, 11) is 0. The zero-order chi connectivity index (χ0) is 12.2. The lowest BCUT2D eigenvalue weighted by Gasteiger charge is -2.10. The molecule has 1 saturated carbocycles. The van der Waals surface area contributed by atoms with Gasteiger partial charge in [0.2, 0.25) is 0 Å². The third kappa shape index (κ3) is 1.40. The summed E-state index contributed by atoms with van der Waals surface area (Å²) in [6.07, 6.45) is -5.19. The van der Waals surface area contributed by atoms with E-state index in [0.29, 0.717) is 6.07 Å². The number of hydrogen-bond acceptors (Lipinski definition) is 2. The van der Waals surface area contributed by atoms with Crippen molar-refractivity contribution >= 4 is 0 Å². The van der Waals surface area contributed by atoms with Gasteiger partial charge in [-0.1, -0.05) is 0 Å². The second-order valence-corrected chi connectivity index (χ2v) is 3.83. The van der Waals surface area contributed by atoms with Gasteiger partial charge in [0.1, 0.15) is 0 Å². The van der Waals surface area contributed by atoms with E-state index < -0.39 is 36.2 Å². The Morgan fingerprint density at radius 3 is 2.31 bits per heavy atom. The van der Waals surface area contributed by atoms with E-state index in [9.17, 15) is 22.0 Å². The quantitative estimate of drug-likeness (QED) is 0.774. The second kappa shape index (κ2) is 2.93. The van der Waals surface area contributed by atoms with Crippen LogP contribution in [0.1, 0.15) is 17.8 Å². The van der Waals surface area contributed by atoms with E-state index in [0.717, 1.165) is 0 Å². The number of rotatable bonds is 2. The zero-order valence-electron chi connectivity index (χ0n) is 7.91. The summed E-state index contributed by atoms with van der Waals surface area (Å²) in [6, 6.07) is 0.591. The zero-order valence-corrected chi connectivity index (χ0v) is 7.91. The maximum absolute atomic E-state index is 13.0. The summed E-state index contributed by atoms with van der Waals surface area (Å²) < 4.78 is 62.7. The molecule has 1 aromatic rings. The first-order valence-corrected chi connectivity index (χ1v) is 4.44. The first-order chi connectivity index (χ1) is 7.23. The Hall–Kier alpha value is -1.18. The smallest absolute Gasteiger partial charge is 0.329 e. The molecule has 1 atom stereocenters. The number of nitrogens with zero attached hydrogens (tertiary/aromatic N) is 1. The summed E-state index contributed by atoms with van der Waals surface area (Å²) in [5, 5.41) is 4.96. The number of nitrogens with one attached hydrogen (secondary N) is 1. The number of aromatic amines is 1. The van der Waals surface area contributed by atoms with Gasteiger partial charge in [-0.2, -0.15) is 18.3 Å². The van der Waals surface area contributed by atoms with Crippen LogP contribution >= 0.6 is 0 Å². The molecule has 0 saturated heterocycles. The van der Waals surface area contributed by atoms with Crippen LogP contribution in [0.25, 0.3) is 0 Å². The molecule has 1 fully saturated rings. The topological polar surface area (TPSA) is 54.7 Å². The van der Waals surface area contributed by atoms with Crippen LogP contribution in [0.4, 0.5) is 22.0 Å². The van der Waals surface area contributed by atoms with Gasteiger partial charge in [-0.25, -0.2) is 8.78 Å². The van der Waals surface area contributed by atoms with Crippen LogP contribution in [0, 0.1) is 0 Å². The number of hydrogen-bond donors (Lipinski definition) is 2. The number of halogens is 5. The Bertz CT molecular complexity index is 410. The molecule has 3 nitrogen and oxygen atoms in total. The van der Waals surface area contributed by atoms with Crippen molar-refractivity contribution in [2.24, 2.45) is 5.73 Å². The molecule has 1 aliphatic carbocycles. The lowest BCUT2D eigenvalue weighted by Crippen LogP contribution is -2.27. The van der Waals surface area contributed by atoms with Gasteiger partial charge in [0.15, 0.2) is 5.69 Å². The van der Waals surface area contributed by atoms with E-state index in [1.165, 1.54) is 0 Å². The molecule has 0 radical (unpaired) electrons. The van der Waals surface area contributed by atoms with Crippen LogP contribution in [0.3, 0.4) is 0 Å². The van der Waals surface area contributed by atoms with E-state index in [4.69, 9.17) is 5.73 Å². The first-order valence-electron chi connectivity index (χ1n) is 4.44. The molecule has 0 amide bonds. The maximum Gasteiger partial charge on any atom is 0.435 e. The third-order valence-electron chi connectivity index (χ3n) is 2.83. The van der Waals surface area contributed by atoms with Gasteiger partial charge in [0.05, 0.1) is 5.41 Å². The monoisotopic (exact) mass is 241 g/mol. The second-order valence-electron chi connectivity index (χ2n) is 3.83. The molecule has 1 aromatic heterocycles. The summed E-state index contributed by atoms with van der Waals surface area (Å²) in [6.45, 7) is -0.417. The Morgan fingerprint density at radius 1 is 1.44 bits per heavy atom. The number of H-pyrrole nitrogens is 1. The van der Waals surface area contributed by atoms with Gasteiger partial charge in [-0.05, 0) is 6.07 Å². The van der Waals surface area contributed by atoms with Crippen molar-refractivity contribution in [1.29, 1.82) is 0 Å². The summed E-state index contributed by atoms with van der Waals surface area (Å²) >= 11 is 0. The van der Waals surface area contributed by atoms with Crippen LogP contribution in [0.2, 0.25) is 0 Å². The molecule has 0 aliphatic heterocycles. The van der Waals surface area contributed by atoms with Crippen molar-refractivity contribution in [3.05, 3.63) is 17.5 Å². The van der Waals surface area contributed by atoms with Gasteiger partial charge >= 0.3 is 6.18 Å². The average Bonchev–Trinajstić information content (AvgIpc) is 2.59. The molecule has 8 heteroatoms. The van der Waals surface area contributed by atoms with Crippen LogP contribution in [0.15, 0.2) is 6.07 Å². The fourth-order valence-electron chi connectivity index (χ4n) is 1.67. The standard InChI is InChI=1S/C8H8F5N3/c9-7(10)2-6(7,3-14)4-1-5(16-15-4)8(11,12)13/h1H,2-3,14H2,(H,15,16). The molecular weight excluding hydrogens is 233 g/mol. The fourth-order valence-corrected chi connectivity index (χ4v) is 1.67. The Balaban J connectivity index is 2.33. The molecule has 3 N–H and O–H groups in total. The molecule has 0 spiro atoms. The lowest BCUT2D eigenvalue weighted by molar-refractivity contribution is -0.141. The molecule has 1 unspecified atom stereocenters. The van der Waals surface area contributed by atoms with Gasteiger partial charge in [0, 0.05) is 18.7 Å². The minimum Gasteiger partial charge on any atom is -0.329 e. The van der Waals surface area contributed by atoms with Gasteiger partial charge in [-0.15, -0.1) is 0 Å². The largest absolute Gasteiger partial charge is 0.435 e. The van der Waals surface area contributed by atoms with E-state index in [1.54, 1.807) is 0 Å². The lowest BCUT2D eigenvalue weighted by atomic mass is 10.0. The summed E-state index contributed by atoms with van der Waals surface area (Å²) in [5.41, 5.74) is 2.01. The molecule has 90 valence electrons. The maximum atomic E-state index is 13.0. The van der Waals surface area contributed by atoms with E-state index in [-0.39, 0.29) is 5.69 Å². The molecule has 1 aliphatic rings. The number of nitrogens with two attached hydrogens (primary N) is 1. The van der Waals surface area contributed by atoms with E-state index >= 15 is 0 Å². The highest BCUT2D eigenvalue weighted by molar-refractivity contribution is 5.34. The van der Waals surface area contributed by atoms with Crippen LogP contribution in [0.5, 0.6) is 0 Å². The van der Waals surface area contributed by atoms with E-state index in [2.05, 4.69) is 5.10 Å². The number of aromatic nitrogens is 2. The van der Waals surface area contributed by atoms with Crippen molar-refractivity contribution < 1.29 is 22.0 Å². The van der Waals surface area contributed by atoms with Crippen molar-refractivity contribution in [2.75, 3.05) is 6.54 Å². The van der Waals surface area contributed by atoms with Gasteiger partial charge in [0.25, 0.3) is 5.92 Å². The van der Waals surface area contributed by atoms with Gasteiger partial charge in [-0.3, -0.25) is 5.10 Å². The molecular formula is C8H8F5N3. The van der Waals surface area contributed by atoms with Crippen molar-refractivity contribution in [3.63, 3.8) is 0 Å². The van der Waals surface area contributed by atoms with Crippen molar-refractivity contribution in [2.45, 2.75) is 23.9 Å². The summed E-state index contributed by atoms with van der Waals surface area (Å²) in [5.74, 6) is -3.06. The highest BCUT2D eigenvalue weighted by atomic mass is 19.4. The highest BCUT2D eigenvalue weighted by Gasteiger charge is 2.72. The van der Waals surface area contributed by atoms with Crippen LogP contribution in [-0.4, -0.2) is 22.7 Å². The normalized spacial score (nSPS) is 28.1. The molecule has 2 rings (SSSR count). The predicted octanol–water partition coefficient (Wildman–Crippen LogP) is 1.66. The third-order valence-corrected chi connectivity index (χ3v) is 2.83. The Kier molecular flexibility index (Phi) is 2.07. The molecule has 0 bridgehead atoms. The molecule has 16 heavy (non-hydrogen) atoms. The Morgan fingerprint density at radius 2 is 2.00 bits per heavy atom. The number of alkyl halides is 5. The minimum absolute atomic E-state index is 0.257. The predicted molar refractivity (Wildman–Crippen MR) is 43.9 cm³/mol. The molecule has 1 heterocycles. The SMILES string of the molecule is NCC1(c2cc(C(F)(F)F)n[nH]2)CC1(F)F. The summed E-state index contributed by atoms with van der Waals surface area (Å²) in [4.78, 5) is 0. The fraction of sp³-hybridized carbons (Fsp3) is 0.625. The van der Waals surface area contributed by atoms with Crippen LogP contribution in [-0.2, 0) is 11.6 Å². The Labute approximate surface area is 86.8 Å². The first kappa shape index (κ1) is 11.3. The minimum atomic E-state index is -4.64. The highest BCUT2D eigenvalue weighted by Crippen LogP contribution is 2.60. The average molecular weight is 241 g/mol. The van der Waals surface area contributed by atoms with Crippen molar-refractivity contribution in [1.82, 2.24) is 10.2 Å².